The molecule has 3 atom stereocenters. The van der Waals surface area contributed by atoms with Crippen LogP contribution in [0.4, 0.5) is 0 Å². The van der Waals surface area contributed by atoms with Gasteiger partial charge in [0.15, 0.2) is 0 Å². The van der Waals surface area contributed by atoms with Crippen LogP contribution in [-0.4, -0.2) is 48.6 Å². The average molecular weight is 253 g/mol. The van der Waals surface area contributed by atoms with Crippen molar-refractivity contribution in [3.8, 4) is 0 Å². The summed E-state index contributed by atoms with van der Waals surface area (Å²) >= 11 is 0. The number of hydrogen-bond acceptors (Lipinski definition) is 3. The summed E-state index contributed by atoms with van der Waals surface area (Å²) in [7, 11) is 0. The molecule has 2 aliphatic heterocycles. The largest absolute Gasteiger partial charge is 0.355 e. The quantitative estimate of drug-likeness (QED) is 0.771. The van der Waals surface area contributed by atoms with E-state index in [1.807, 2.05) is 0 Å². The molecule has 0 saturated carbocycles. The summed E-state index contributed by atoms with van der Waals surface area (Å²) in [5.41, 5.74) is 0. The second-order valence-corrected chi connectivity index (χ2v) is 5.62. The summed E-state index contributed by atoms with van der Waals surface area (Å²) in [6.45, 7) is 7.16. The maximum Gasteiger partial charge on any atom is 0.237 e. The van der Waals surface area contributed by atoms with Crippen LogP contribution in [0.1, 0.15) is 46.0 Å². The second kappa shape index (κ2) is 6.53. The molecular weight excluding hydrogens is 226 g/mol. The lowest BCUT2D eigenvalue weighted by Gasteiger charge is -2.33. The van der Waals surface area contributed by atoms with Crippen LogP contribution in [0, 0.1) is 0 Å². The van der Waals surface area contributed by atoms with E-state index >= 15 is 0 Å². The first-order valence-electron chi connectivity index (χ1n) is 7.51. The Balaban J connectivity index is 1.91. The first-order chi connectivity index (χ1) is 8.74. The SMILES string of the molecule is CCCNC(=O)C(C)N1CCCC1C1CCCN1. The molecule has 0 bridgehead atoms. The van der Waals surface area contributed by atoms with E-state index in [1.165, 1.54) is 25.7 Å². The number of carbonyl (C=O) groups is 1. The molecule has 2 N–H and O–H groups in total. The second-order valence-electron chi connectivity index (χ2n) is 5.62. The average Bonchev–Trinajstić information content (AvgIpc) is 3.03. The monoisotopic (exact) mass is 253 g/mol. The summed E-state index contributed by atoms with van der Waals surface area (Å²) in [6, 6.07) is 1.19. The van der Waals surface area contributed by atoms with Gasteiger partial charge in [-0.25, -0.2) is 0 Å². The molecule has 3 unspecified atom stereocenters. The zero-order valence-electron chi connectivity index (χ0n) is 11.7. The van der Waals surface area contributed by atoms with Gasteiger partial charge in [-0.15, -0.1) is 0 Å². The molecule has 0 aliphatic carbocycles. The van der Waals surface area contributed by atoms with Crippen LogP contribution in [0.15, 0.2) is 0 Å². The number of hydrogen-bond donors (Lipinski definition) is 2. The summed E-state index contributed by atoms with van der Waals surface area (Å²) in [5.74, 6) is 0.196. The molecular formula is C14H27N3O. The zero-order chi connectivity index (χ0) is 13.0. The minimum atomic E-state index is 0.0199. The predicted molar refractivity (Wildman–Crippen MR) is 73.5 cm³/mol. The highest BCUT2D eigenvalue weighted by Crippen LogP contribution is 2.26. The fourth-order valence-corrected chi connectivity index (χ4v) is 3.31. The normalized spacial score (nSPS) is 30.6. The van der Waals surface area contributed by atoms with Gasteiger partial charge in [-0.05, 0) is 52.1 Å². The number of amides is 1. The topological polar surface area (TPSA) is 44.4 Å². The third kappa shape index (κ3) is 3.04. The summed E-state index contributed by atoms with van der Waals surface area (Å²) in [4.78, 5) is 14.5. The van der Waals surface area contributed by atoms with Crippen LogP contribution < -0.4 is 10.6 Å². The van der Waals surface area contributed by atoms with Gasteiger partial charge in [0.25, 0.3) is 0 Å². The van der Waals surface area contributed by atoms with Gasteiger partial charge in [-0.1, -0.05) is 6.92 Å². The van der Waals surface area contributed by atoms with Crippen molar-refractivity contribution in [3.05, 3.63) is 0 Å². The Morgan fingerprint density at radius 2 is 2.28 bits per heavy atom. The third-order valence-corrected chi connectivity index (χ3v) is 4.33. The van der Waals surface area contributed by atoms with E-state index in [4.69, 9.17) is 0 Å². The molecule has 0 radical (unpaired) electrons. The maximum absolute atomic E-state index is 12.1. The lowest BCUT2D eigenvalue weighted by atomic mass is 10.0. The summed E-state index contributed by atoms with van der Waals surface area (Å²) in [5, 5.41) is 6.61. The molecule has 0 aromatic heterocycles. The van der Waals surface area contributed by atoms with Crippen molar-refractivity contribution in [1.29, 1.82) is 0 Å². The lowest BCUT2D eigenvalue weighted by Crippen LogP contribution is -2.52. The van der Waals surface area contributed by atoms with Gasteiger partial charge in [-0.3, -0.25) is 9.69 Å². The van der Waals surface area contributed by atoms with E-state index in [9.17, 15) is 4.79 Å². The van der Waals surface area contributed by atoms with Gasteiger partial charge in [0.1, 0.15) is 0 Å². The molecule has 0 aromatic carbocycles. The molecule has 18 heavy (non-hydrogen) atoms. The minimum Gasteiger partial charge on any atom is -0.355 e. The van der Waals surface area contributed by atoms with E-state index in [0.717, 1.165) is 26.1 Å². The number of nitrogens with one attached hydrogen (secondary N) is 2. The zero-order valence-corrected chi connectivity index (χ0v) is 11.7. The Bertz CT molecular complexity index is 276. The van der Waals surface area contributed by atoms with Crippen molar-refractivity contribution in [3.63, 3.8) is 0 Å². The molecule has 2 heterocycles. The van der Waals surface area contributed by atoms with Crippen molar-refractivity contribution in [2.24, 2.45) is 0 Å². The maximum atomic E-state index is 12.1. The van der Waals surface area contributed by atoms with Crippen LogP contribution >= 0.6 is 0 Å². The molecule has 1 amide bonds. The first kappa shape index (κ1) is 13.8. The molecule has 2 aliphatic rings. The van der Waals surface area contributed by atoms with Crippen LogP contribution in [0.5, 0.6) is 0 Å². The highest BCUT2D eigenvalue weighted by molar-refractivity contribution is 5.81. The highest BCUT2D eigenvalue weighted by atomic mass is 16.2. The Kier molecular flexibility index (Phi) is 5.01. The highest BCUT2D eigenvalue weighted by Gasteiger charge is 2.37. The molecule has 0 aromatic rings. The first-order valence-corrected chi connectivity index (χ1v) is 7.51. The Morgan fingerprint density at radius 1 is 1.44 bits per heavy atom. The molecule has 0 spiro atoms. The Labute approximate surface area is 110 Å². The molecule has 2 rings (SSSR count). The van der Waals surface area contributed by atoms with Crippen molar-refractivity contribution in [2.75, 3.05) is 19.6 Å². The third-order valence-electron chi connectivity index (χ3n) is 4.33. The van der Waals surface area contributed by atoms with Gasteiger partial charge in [0.05, 0.1) is 6.04 Å². The minimum absolute atomic E-state index is 0.0199. The molecule has 104 valence electrons. The fraction of sp³-hybridized carbons (Fsp3) is 0.929. The Morgan fingerprint density at radius 3 is 2.94 bits per heavy atom. The van der Waals surface area contributed by atoms with E-state index < -0.39 is 0 Å². The Hall–Kier alpha value is -0.610. The van der Waals surface area contributed by atoms with Crippen molar-refractivity contribution >= 4 is 5.91 Å². The number of nitrogens with zero attached hydrogens (tertiary/aromatic N) is 1. The van der Waals surface area contributed by atoms with Crippen LogP contribution in [0.3, 0.4) is 0 Å². The van der Waals surface area contributed by atoms with E-state index in [2.05, 4.69) is 29.4 Å². The van der Waals surface area contributed by atoms with E-state index in [0.29, 0.717) is 12.1 Å². The van der Waals surface area contributed by atoms with Gasteiger partial charge in [-0.2, -0.15) is 0 Å². The molecule has 2 saturated heterocycles. The lowest BCUT2D eigenvalue weighted by molar-refractivity contribution is -0.126. The number of likely N-dealkylation sites (tertiary alicyclic amines) is 1. The van der Waals surface area contributed by atoms with Crippen molar-refractivity contribution < 1.29 is 4.79 Å². The molecule has 4 nitrogen and oxygen atoms in total. The van der Waals surface area contributed by atoms with Crippen LogP contribution in [-0.2, 0) is 4.79 Å². The predicted octanol–water partition coefficient (Wildman–Crippen LogP) is 1.12. The standard InChI is InChI=1S/C14H27N3O/c1-3-8-16-14(18)11(2)17-10-5-7-13(17)12-6-4-9-15-12/h11-13,15H,3-10H2,1-2H3,(H,16,18). The van der Waals surface area contributed by atoms with Gasteiger partial charge < -0.3 is 10.6 Å². The van der Waals surface area contributed by atoms with Crippen molar-refractivity contribution in [2.45, 2.75) is 64.1 Å². The summed E-state index contributed by atoms with van der Waals surface area (Å²) in [6.07, 6.45) is 6.03. The smallest absolute Gasteiger partial charge is 0.237 e. The van der Waals surface area contributed by atoms with E-state index in [1.54, 1.807) is 0 Å². The van der Waals surface area contributed by atoms with Crippen molar-refractivity contribution in [1.82, 2.24) is 15.5 Å². The van der Waals surface area contributed by atoms with Gasteiger partial charge in [0.2, 0.25) is 5.91 Å². The van der Waals surface area contributed by atoms with Gasteiger partial charge in [0, 0.05) is 18.6 Å². The van der Waals surface area contributed by atoms with Gasteiger partial charge >= 0.3 is 0 Å². The molecule has 2 fully saturated rings. The van der Waals surface area contributed by atoms with E-state index in [-0.39, 0.29) is 11.9 Å². The van der Waals surface area contributed by atoms with Crippen LogP contribution in [0.2, 0.25) is 0 Å². The van der Waals surface area contributed by atoms with Crippen LogP contribution in [0.25, 0.3) is 0 Å². The number of carbonyl (C=O) groups excluding carboxylic acids is 1. The number of rotatable bonds is 5. The molecule has 4 heteroatoms. The fourth-order valence-electron chi connectivity index (χ4n) is 3.31. The summed E-state index contributed by atoms with van der Waals surface area (Å²) < 4.78 is 0.